The first-order valence-electron chi connectivity index (χ1n) is 5.37. The van der Waals surface area contributed by atoms with Gasteiger partial charge in [-0.1, -0.05) is 0 Å². The summed E-state index contributed by atoms with van der Waals surface area (Å²) in [6.45, 7) is 3.10. The number of nitrogens with zero attached hydrogens (tertiary/aromatic N) is 1. The molecule has 0 saturated carbocycles. The summed E-state index contributed by atoms with van der Waals surface area (Å²) in [5.41, 5.74) is 6.01. The second-order valence-corrected chi connectivity index (χ2v) is 4.24. The Balaban J connectivity index is 2.55. The molecule has 0 amide bonds. The third kappa shape index (κ3) is 4.24. The molecule has 1 aromatic carbocycles. The summed E-state index contributed by atoms with van der Waals surface area (Å²) < 4.78 is 26.2. The first kappa shape index (κ1) is 13.1. The van der Waals surface area contributed by atoms with Gasteiger partial charge in [-0.3, -0.25) is 0 Å². The minimum absolute atomic E-state index is 0.125. The zero-order valence-corrected chi connectivity index (χ0v) is 9.71. The van der Waals surface area contributed by atoms with Crippen LogP contribution in [0.25, 0.3) is 0 Å². The molecule has 0 heterocycles. The van der Waals surface area contributed by atoms with Gasteiger partial charge in [0.2, 0.25) is 0 Å². The molecule has 0 spiro atoms. The standard InChI is InChI=1S/C12H18F2N2/c1-9(15)5-6-16(2)8-10-7-11(13)3-4-12(10)14/h3-4,7,9H,5-6,8,15H2,1-2H3. The van der Waals surface area contributed by atoms with E-state index in [9.17, 15) is 8.78 Å². The van der Waals surface area contributed by atoms with Crippen LogP contribution in [0.15, 0.2) is 18.2 Å². The number of hydrogen-bond donors (Lipinski definition) is 1. The minimum Gasteiger partial charge on any atom is -0.328 e. The van der Waals surface area contributed by atoms with Gasteiger partial charge < -0.3 is 10.6 Å². The Bertz CT molecular complexity index is 340. The molecule has 90 valence electrons. The van der Waals surface area contributed by atoms with Crippen LogP contribution in [-0.2, 0) is 6.54 Å². The summed E-state index contributed by atoms with van der Waals surface area (Å²) in [4.78, 5) is 1.93. The van der Waals surface area contributed by atoms with E-state index in [1.165, 1.54) is 6.07 Å². The van der Waals surface area contributed by atoms with Gasteiger partial charge in [0.05, 0.1) is 0 Å². The molecule has 0 aliphatic rings. The molecule has 1 rings (SSSR count). The van der Waals surface area contributed by atoms with Gasteiger partial charge in [-0.2, -0.15) is 0 Å². The van der Waals surface area contributed by atoms with E-state index in [2.05, 4.69) is 0 Å². The van der Waals surface area contributed by atoms with E-state index < -0.39 is 5.82 Å². The zero-order valence-electron chi connectivity index (χ0n) is 9.71. The third-order valence-corrected chi connectivity index (χ3v) is 2.41. The molecule has 16 heavy (non-hydrogen) atoms. The van der Waals surface area contributed by atoms with Crippen LogP contribution in [0, 0.1) is 11.6 Å². The number of hydrogen-bond acceptors (Lipinski definition) is 2. The molecule has 0 aliphatic heterocycles. The predicted octanol–water partition coefficient (Wildman–Crippen LogP) is 2.13. The zero-order chi connectivity index (χ0) is 12.1. The highest BCUT2D eigenvalue weighted by Gasteiger charge is 2.07. The second kappa shape index (κ2) is 5.92. The molecule has 0 radical (unpaired) electrons. The fraction of sp³-hybridized carbons (Fsp3) is 0.500. The normalized spacial score (nSPS) is 13.1. The average molecular weight is 228 g/mol. The Kier molecular flexibility index (Phi) is 4.83. The highest BCUT2D eigenvalue weighted by atomic mass is 19.1. The van der Waals surface area contributed by atoms with Crippen LogP contribution >= 0.6 is 0 Å². The van der Waals surface area contributed by atoms with Crippen molar-refractivity contribution in [2.75, 3.05) is 13.6 Å². The quantitative estimate of drug-likeness (QED) is 0.836. The van der Waals surface area contributed by atoms with E-state index in [1.54, 1.807) is 0 Å². The van der Waals surface area contributed by atoms with Crippen LogP contribution in [0.4, 0.5) is 8.78 Å². The Hall–Kier alpha value is -1.00. The lowest BCUT2D eigenvalue weighted by atomic mass is 10.2. The Morgan fingerprint density at radius 2 is 2.06 bits per heavy atom. The maximum absolute atomic E-state index is 13.3. The number of nitrogens with two attached hydrogens (primary N) is 1. The Labute approximate surface area is 95.1 Å². The fourth-order valence-electron chi connectivity index (χ4n) is 1.46. The van der Waals surface area contributed by atoms with Crippen molar-refractivity contribution in [1.82, 2.24) is 4.90 Å². The van der Waals surface area contributed by atoms with Crippen molar-refractivity contribution in [3.8, 4) is 0 Å². The predicted molar refractivity (Wildman–Crippen MR) is 61.0 cm³/mol. The Morgan fingerprint density at radius 1 is 1.38 bits per heavy atom. The molecule has 0 saturated heterocycles. The molecular formula is C12H18F2N2. The van der Waals surface area contributed by atoms with Crippen molar-refractivity contribution in [3.63, 3.8) is 0 Å². The number of halogens is 2. The van der Waals surface area contributed by atoms with Gasteiger partial charge in [-0.25, -0.2) is 8.78 Å². The van der Waals surface area contributed by atoms with E-state index in [0.717, 1.165) is 25.1 Å². The molecular weight excluding hydrogens is 210 g/mol. The molecule has 0 aromatic heterocycles. The SMILES string of the molecule is CC(N)CCN(C)Cc1cc(F)ccc1F. The maximum Gasteiger partial charge on any atom is 0.127 e. The molecule has 0 bridgehead atoms. The summed E-state index contributed by atoms with van der Waals surface area (Å²) in [6, 6.07) is 3.64. The monoisotopic (exact) mass is 228 g/mol. The molecule has 0 fully saturated rings. The van der Waals surface area contributed by atoms with E-state index in [-0.39, 0.29) is 11.9 Å². The molecule has 1 unspecified atom stereocenters. The van der Waals surface area contributed by atoms with Gasteiger partial charge in [-0.15, -0.1) is 0 Å². The van der Waals surface area contributed by atoms with Gasteiger partial charge in [0.15, 0.2) is 0 Å². The van der Waals surface area contributed by atoms with E-state index in [4.69, 9.17) is 5.73 Å². The summed E-state index contributed by atoms with van der Waals surface area (Å²) in [7, 11) is 1.87. The lowest BCUT2D eigenvalue weighted by Crippen LogP contribution is -2.26. The maximum atomic E-state index is 13.3. The van der Waals surface area contributed by atoms with Gasteiger partial charge in [0, 0.05) is 18.2 Å². The van der Waals surface area contributed by atoms with Crippen LogP contribution < -0.4 is 5.73 Å². The summed E-state index contributed by atoms with van der Waals surface area (Å²) in [5.74, 6) is -0.772. The van der Waals surface area contributed by atoms with Crippen LogP contribution in [0.5, 0.6) is 0 Å². The van der Waals surface area contributed by atoms with Crippen molar-refractivity contribution in [1.29, 1.82) is 0 Å². The number of benzene rings is 1. The minimum atomic E-state index is -0.406. The molecule has 2 nitrogen and oxygen atoms in total. The smallest absolute Gasteiger partial charge is 0.127 e. The lowest BCUT2D eigenvalue weighted by molar-refractivity contribution is 0.308. The largest absolute Gasteiger partial charge is 0.328 e. The van der Waals surface area contributed by atoms with Crippen molar-refractivity contribution < 1.29 is 8.78 Å². The second-order valence-electron chi connectivity index (χ2n) is 4.24. The van der Waals surface area contributed by atoms with Crippen molar-refractivity contribution >= 4 is 0 Å². The van der Waals surface area contributed by atoms with Crippen LogP contribution in [0.1, 0.15) is 18.9 Å². The van der Waals surface area contributed by atoms with Crippen molar-refractivity contribution in [3.05, 3.63) is 35.4 Å². The third-order valence-electron chi connectivity index (χ3n) is 2.41. The summed E-state index contributed by atoms with van der Waals surface area (Å²) in [6.07, 6.45) is 0.841. The average Bonchev–Trinajstić information content (AvgIpc) is 2.20. The first-order chi connectivity index (χ1) is 7.49. The van der Waals surface area contributed by atoms with E-state index in [1.807, 2.05) is 18.9 Å². The number of rotatable bonds is 5. The highest BCUT2D eigenvalue weighted by Crippen LogP contribution is 2.11. The first-order valence-corrected chi connectivity index (χ1v) is 5.37. The fourth-order valence-corrected chi connectivity index (χ4v) is 1.46. The summed E-state index contributed by atoms with van der Waals surface area (Å²) in [5, 5.41) is 0. The lowest BCUT2D eigenvalue weighted by Gasteiger charge is -2.18. The van der Waals surface area contributed by atoms with Crippen molar-refractivity contribution in [2.45, 2.75) is 25.9 Å². The Morgan fingerprint density at radius 3 is 2.69 bits per heavy atom. The van der Waals surface area contributed by atoms with Crippen molar-refractivity contribution in [2.24, 2.45) is 5.73 Å². The van der Waals surface area contributed by atoms with Crippen LogP contribution in [0.3, 0.4) is 0 Å². The molecule has 4 heteroatoms. The van der Waals surface area contributed by atoms with E-state index in [0.29, 0.717) is 12.1 Å². The summed E-state index contributed by atoms with van der Waals surface area (Å²) >= 11 is 0. The van der Waals surface area contributed by atoms with Gasteiger partial charge >= 0.3 is 0 Å². The topological polar surface area (TPSA) is 29.3 Å². The van der Waals surface area contributed by atoms with Gasteiger partial charge in [0.1, 0.15) is 11.6 Å². The molecule has 1 atom stereocenters. The molecule has 2 N–H and O–H groups in total. The highest BCUT2D eigenvalue weighted by molar-refractivity contribution is 5.18. The van der Waals surface area contributed by atoms with E-state index >= 15 is 0 Å². The van der Waals surface area contributed by atoms with Crippen LogP contribution in [-0.4, -0.2) is 24.5 Å². The molecule has 1 aromatic rings. The molecule has 0 aliphatic carbocycles. The van der Waals surface area contributed by atoms with Gasteiger partial charge in [-0.05, 0) is 45.1 Å². The van der Waals surface area contributed by atoms with Gasteiger partial charge in [0.25, 0.3) is 0 Å². The van der Waals surface area contributed by atoms with Crippen LogP contribution in [0.2, 0.25) is 0 Å².